The Morgan fingerprint density at radius 1 is 0.969 bits per heavy atom. The number of carbonyl (C=O) groups excluding carboxylic acids is 1. The molecule has 0 radical (unpaired) electrons. The van der Waals surface area contributed by atoms with Gasteiger partial charge in [0, 0.05) is 5.02 Å². The van der Waals surface area contributed by atoms with E-state index in [-0.39, 0.29) is 6.61 Å². The number of amides is 1. The number of ether oxygens (including phenoxy) is 3. The summed E-state index contributed by atoms with van der Waals surface area (Å²) in [7, 11) is 1.57. The first-order chi connectivity index (χ1) is 15.4. The van der Waals surface area contributed by atoms with Gasteiger partial charge in [0.15, 0.2) is 18.1 Å². The summed E-state index contributed by atoms with van der Waals surface area (Å²) in [5.41, 5.74) is 5.39. The second-order valence-electron chi connectivity index (χ2n) is 6.84. The smallest absolute Gasteiger partial charge is 0.277 e. The van der Waals surface area contributed by atoms with Crippen LogP contribution in [0.15, 0.2) is 65.8 Å². The van der Waals surface area contributed by atoms with E-state index in [1.54, 1.807) is 31.4 Å². The van der Waals surface area contributed by atoms with Gasteiger partial charge in [-0.05, 0) is 54.4 Å². The molecule has 0 bridgehead atoms. The quantitative estimate of drug-likeness (QED) is 0.333. The summed E-state index contributed by atoms with van der Waals surface area (Å²) in [5, 5.41) is 4.75. The molecule has 0 unspecified atom stereocenters. The fraction of sp³-hybridized carbons (Fsp3) is 0.167. The number of aryl methyl sites for hydroxylation is 1. The zero-order valence-corrected chi connectivity index (χ0v) is 19.1. The number of halogens is 2. The predicted octanol–water partition coefficient (Wildman–Crippen LogP) is 5.42. The van der Waals surface area contributed by atoms with Crippen molar-refractivity contribution in [1.29, 1.82) is 0 Å². The Morgan fingerprint density at radius 2 is 1.72 bits per heavy atom. The van der Waals surface area contributed by atoms with Gasteiger partial charge >= 0.3 is 0 Å². The Balaban J connectivity index is 1.52. The molecule has 0 spiro atoms. The first-order valence-electron chi connectivity index (χ1n) is 9.71. The maximum absolute atomic E-state index is 11.9. The van der Waals surface area contributed by atoms with Gasteiger partial charge in [-0.2, -0.15) is 5.10 Å². The molecular weight excluding hydrogens is 451 g/mol. The summed E-state index contributed by atoms with van der Waals surface area (Å²) in [6, 6.07) is 18.3. The minimum Gasteiger partial charge on any atom is -0.493 e. The Bertz CT molecular complexity index is 1100. The SMILES string of the molecule is COc1cc(/C=N/NC(=O)COc2ccc(Cl)cc2Cl)ccc1OCc1ccc(C)cc1. The largest absolute Gasteiger partial charge is 0.493 e. The molecule has 0 aromatic heterocycles. The molecule has 0 saturated heterocycles. The molecule has 0 aliphatic carbocycles. The van der Waals surface area contributed by atoms with E-state index < -0.39 is 5.91 Å². The third-order valence-electron chi connectivity index (χ3n) is 4.36. The lowest BCUT2D eigenvalue weighted by molar-refractivity contribution is -0.123. The molecule has 0 aliphatic heterocycles. The fourth-order valence-electron chi connectivity index (χ4n) is 2.68. The fourth-order valence-corrected chi connectivity index (χ4v) is 3.14. The lowest BCUT2D eigenvalue weighted by Crippen LogP contribution is -2.24. The maximum Gasteiger partial charge on any atom is 0.277 e. The molecule has 0 aliphatic rings. The van der Waals surface area contributed by atoms with Crippen LogP contribution in [0.1, 0.15) is 16.7 Å². The normalized spacial score (nSPS) is 10.8. The van der Waals surface area contributed by atoms with Crippen LogP contribution in [-0.2, 0) is 11.4 Å². The highest BCUT2D eigenvalue weighted by molar-refractivity contribution is 6.35. The molecule has 32 heavy (non-hydrogen) atoms. The molecule has 3 aromatic rings. The first kappa shape index (κ1) is 23.4. The van der Waals surface area contributed by atoms with E-state index >= 15 is 0 Å². The van der Waals surface area contributed by atoms with Gasteiger partial charge in [-0.15, -0.1) is 0 Å². The van der Waals surface area contributed by atoms with Crippen molar-refractivity contribution in [2.75, 3.05) is 13.7 Å². The number of nitrogens with one attached hydrogen (secondary N) is 1. The summed E-state index contributed by atoms with van der Waals surface area (Å²) in [6.07, 6.45) is 1.50. The molecule has 8 heteroatoms. The number of nitrogens with zero attached hydrogens (tertiary/aromatic N) is 1. The van der Waals surface area contributed by atoms with Crippen molar-refractivity contribution in [2.45, 2.75) is 13.5 Å². The van der Waals surface area contributed by atoms with Crippen molar-refractivity contribution in [3.63, 3.8) is 0 Å². The highest BCUT2D eigenvalue weighted by atomic mass is 35.5. The van der Waals surface area contributed by atoms with Crippen LogP contribution in [0.25, 0.3) is 0 Å². The average Bonchev–Trinajstić information content (AvgIpc) is 2.78. The standard InChI is InChI=1S/C24H22Cl2N2O4/c1-16-3-5-17(6-4-16)14-31-22-9-7-18(11-23(22)30-2)13-27-28-24(29)15-32-21-10-8-19(25)12-20(21)26/h3-13H,14-15H2,1-2H3,(H,28,29)/b27-13+. The number of carbonyl (C=O) groups is 1. The van der Waals surface area contributed by atoms with E-state index in [4.69, 9.17) is 37.4 Å². The van der Waals surface area contributed by atoms with Crippen molar-refractivity contribution in [2.24, 2.45) is 5.10 Å². The van der Waals surface area contributed by atoms with E-state index in [0.717, 1.165) is 11.1 Å². The molecule has 6 nitrogen and oxygen atoms in total. The van der Waals surface area contributed by atoms with Gasteiger partial charge in [0.25, 0.3) is 5.91 Å². The number of rotatable bonds is 9. The van der Waals surface area contributed by atoms with E-state index in [1.807, 2.05) is 37.3 Å². The number of hydrogen-bond acceptors (Lipinski definition) is 5. The molecule has 1 N–H and O–H groups in total. The molecule has 1 amide bonds. The summed E-state index contributed by atoms with van der Waals surface area (Å²) in [6.45, 7) is 2.23. The van der Waals surface area contributed by atoms with Crippen LogP contribution < -0.4 is 19.6 Å². The minimum atomic E-state index is -0.433. The van der Waals surface area contributed by atoms with Crippen molar-refractivity contribution in [3.8, 4) is 17.2 Å². The first-order valence-corrected chi connectivity index (χ1v) is 10.5. The van der Waals surface area contributed by atoms with Crippen LogP contribution in [0.4, 0.5) is 0 Å². The number of methoxy groups -OCH3 is 1. The molecule has 3 aromatic carbocycles. The van der Waals surface area contributed by atoms with E-state index in [2.05, 4.69) is 10.5 Å². The third kappa shape index (κ3) is 6.90. The second kappa shape index (κ2) is 11.4. The number of benzene rings is 3. The molecular formula is C24H22Cl2N2O4. The Kier molecular flexibility index (Phi) is 8.36. The Morgan fingerprint density at radius 3 is 2.44 bits per heavy atom. The molecule has 3 rings (SSSR count). The monoisotopic (exact) mass is 472 g/mol. The summed E-state index contributed by atoms with van der Waals surface area (Å²) in [5.74, 6) is 1.11. The number of hydrogen-bond donors (Lipinski definition) is 1. The average molecular weight is 473 g/mol. The van der Waals surface area contributed by atoms with Crippen LogP contribution in [0, 0.1) is 6.92 Å². The van der Waals surface area contributed by atoms with E-state index in [1.165, 1.54) is 17.8 Å². The van der Waals surface area contributed by atoms with Gasteiger partial charge < -0.3 is 14.2 Å². The summed E-state index contributed by atoms with van der Waals surface area (Å²) < 4.78 is 16.6. The van der Waals surface area contributed by atoms with E-state index in [9.17, 15) is 4.79 Å². The Hall–Kier alpha value is -3.22. The molecule has 0 fully saturated rings. The van der Waals surface area contributed by atoms with E-state index in [0.29, 0.717) is 33.9 Å². The van der Waals surface area contributed by atoms with Crippen molar-refractivity contribution < 1.29 is 19.0 Å². The Labute approximate surface area is 196 Å². The van der Waals surface area contributed by atoms with Crippen LogP contribution >= 0.6 is 23.2 Å². The summed E-state index contributed by atoms with van der Waals surface area (Å²) >= 11 is 11.8. The second-order valence-corrected chi connectivity index (χ2v) is 7.68. The van der Waals surface area contributed by atoms with Gasteiger partial charge in [-0.1, -0.05) is 53.0 Å². The van der Waals surface area contributed by atoms with Crippen LogP contribution in [0.5, 0.6) is 17.2 Å². The highest BCUT2D eigenvalue weighted by Gasteiger charge is 2.07. The van der Waals surface area contributed by atoms with Gasteiger partial charge in [0.2, 0.25) is 0 Å². The van der Waals surface area contributed by atoms with Crippen LogP contribution in [0.2, 0.25) is 10.0 Å². The highest BCUT2D eigenvalue weighted by Crippen LogP contribution is 2.29. The molecule has 0 atom stereocenters. The van der Waals surface area contributed by atoms with Gasteiger partial charge in [0.1, 0.15) is 12.4 Å². The lowest BCUT2D eigenvalue weighted by atomic mass is 10.2. The maximum atomic E-state index is 11.9. The van der Waals surface area contributed by atoms with Crippen molar-refractivity contribution >= 4 is 35.3 Å². The van der Waals surface area contributed by atoms with Crippen molar-refractivity contribution in [1.82, 2.24) is 5.43 Å². The van der Waals surface area contributed by atoms with Crippen LogP contribution in [0.3, 0.4) is 0 Å². The minimum absolute atomic E-state index is 0.242. The lowest BCUT2D eigenvalue weighted by Gasteiger charge is -2.11. The third-order valence-corrected chi connectivity index (χ3v) is 4.89. The number of hydrazone groups is 1. The van der Waals surface area contributed by atoms with Gasteiger partial charge in [-0.3, -0.25) is 4.79 Å². The molecule has 0 heterocycles. The molecule has 166 valence electrons. The van der Waals surface area contributed by atoms with Crippen LogP contribution in [-0.4, -0.2) is 25.8 Å². The zero-order valence-electron chi connectivity index (χ0n) is 17.6. The molecule has 0 saturated carbocycles. The predicted molar refractivity (Wildman–Crippen MR) is 126 cm³/mol. The zero-order chi connectivity index (χ0) is 22.9. The van der Waals surface area contributed by atoms with Crippen molar-refractivity contribution in [3.05, 3.63) is 87.4 Å². The summed E-state index contributed by atoms with van der Waals surface area (Å²) in [4.78, 5) is 11.9. The van der Waals surface area contributed by atoms with Gasteiger partial charge in [0.05, 0.1) is 18.3 Å². The topological polar surface area (TPSA) is 69.2 Å². The van der Waals surface area contributed by atoms with Gasteiger partial charge in [-0.25, -0.2) is 5.43 Å².